The lowest BCUT2D eigenvalue weighted by atomic mass is 10.2. The monoisotopic (exact) mass is 309 g/mol. The molecule has 1 aliphatic heterocycles. The van der Waals surface area contributed by atoms with Gasteiger partial charge in [0.25, 0.3) is 0 Å². The summed E-state index contributed by atoms with van der Waals surface area (Å²) in [7, 11) is 0. The number of rotatable bonds is 4. The van der Waals surface area contributed by atoms with E-state index in [4.69, 9.17) is 11.6 Å². The van der Waals surface area contributed by atoms with Gasteiger partial charge in [-0.2, -0.15) is 0 Å². The van der Waals surface area contributed by atoms with Gasteiger partial charge in [0.15, 0.2) is 0 Å². The molecule has 1 heterocycles. The molecule has 114 valence electrons. The van der Waals surface area contributed by atoms with E-state index < -0.39 is 0 Å². The molecule has 1 unspecified atom stereocenters. The summed E-state index contributed by atoms with van der Waals surface area (Å²) in [4.78, 5) is 25.4. The number of hydrogen-bond acceptors (Lipinski definition) is 2. The second-order valence-electron chi connectivity index (χ2n) is 5.63. The largest absolute Gasteiger partial charge is 0.338 e. The summed E-state index contributed by atoms with van der Waals surface area (Å²) in [6, 6.07) is 6.73. The van der Waals surface area contributed by atoms with Crippen LogP contribution in [0.25, 0.3) is 0 Å². The summed E-state index contributed by atoms with van der Waals surface area (Å²) in [5.41, 5.74) is 0.802. The SMILES string of the molecule is CC(C)CNC(=O)NC1CC(=O)N(c2ccc(Cl)cc2)C1. The average molecular weight is 310 g/mol. The number of halogens is 1. The molecule has 6 heteroatoms. The topological polar surface area (TPSA) is 61.4 Å². The number of carbonyl (C=O) groups is 2. The molecule has 1 fully saturated rings. The maximum absolute atomic E-state index is 12.0. The highest BCUT2D eigenvalue weighted by atomic mass is 35.5. The lowest BCUT2D eigenvalue weighted by Gasteiger charge is -2.17. The first-order chi connectivity index (χ1) is 9.95. The van der Waals surface area contributed by atoms with Gasteiger partial charge < -0.3 is 15.5 Å². The minimum atomic E-state index is -0.223. The maximum atomic E-state index is 12.0. The van der Waals surface area contributed by atoms with Gasteiger partial charge in [-0.05, 0) is 30.2 Å². The van der Waals surface area contributed by atoms with Gasteiger partial charge in [0.2, 0.25) is 5.91 Å². The Kier molecular flexibility index (Phi) is 5.07. The van der Waals surface area contributed by atoms with Crippen LogP contribution in [-0.2, 0) is 4.79 Å². The van der Waals surface area contributed by atoms with Crippen molar-refractivity contribution in [2.45, 2.75) is 26.3 Å². The van der Waals surface area contributed by atoms with Crippen LogP contribution in [0.5, 0.6) is 0 Å². The Balaban J connectivity index is 1.90. The summed E-state index contributed by atoms with van der Waals surface area (Å²) in [5, 5.41) is 6.26. The minimum absolute atomic E-state index is 0.00600. The van der Waals surface area contributed by atoms with Gasteiger partial charge in [-0.1, -0.05) is 25.4 Å². The molecule has 1 saturated heterocycles. The molecule has 0 aliphatic carbocycles. The molecule has 0 spiro atoms. The van der Waals surface area contributed by atoms with Crippen molar-refractivity contribution in [2.24, 2.45) is 5.92 Å². The summed E-state index contributed by atoms with van der Waals surface area (Å²) in [6.45, 7) is 5.16. The van der Waals surface area contributed by atoms with Crippen molar-refractivity contribution in [1.82, 2.24) is 10.6 Å². The van der Waals surface area contributed by atoms with Crippen LogP contribution in [0.15, 0.2) is 24.3 Å². The lowest BCUT2D eigenvalue weighted by Crippen LogP contribution is -2.44. The highest BCUT2D eigenvalue weighted by Crippen LogP contribution is 2.23. The molecule has 2 N–H and O–H groups in total. The number of amides is 3. The molecule has 3 amide bonds. The molecule has 2 rings (SSSR count). The Hall–Kier alpha value is -1.75. The Morgan fingerprint density at radius 3 is 2.67 bits per heavy atom. The van der Waals surface area contributed by atoms with Crippen LogP contribution < -0.4 is 15.5 Å². The third kappa shape index (κ3) is 4.36. The molecule has 0 radical (unpaired) electrons. The van der Waals surface area contributed by atoms with Gasteiger partial charge in [-0.3, -0.25) is 4.79 Å². The third-order valence-corrected chi connectivity index (χ3v) is 3.52. The fourth-order valence-electron chi connectivity index (χ4n) is 2.21. The van der Waals surface area contributed by atoms with E-state index in [9.17, 15) is 9.59 Å². The van der Waals surface area contributed by atoms with Gasteiger partial charge in [-0.15, -0.1) is 0 Å². The predicted octanol–water partition coefficient (Wildman–Crippen LogP) is 2.40. The Morgan fingerprint density at radius 1 is 1.38 bits per heavy atom. The minimum Gasteiger partial charge on any atom is -0.338 e. The third-order valence-electron chi connectivity index (χ3n) is 3.27. The number of benzene rings is 1. The van der Waals surface area contributed by atoms with Crippen molar-refractivity contribution in [3.8, 4) is 0 Å². The fraction of sp³-hybridized carbons (Fsp3) is 0.467. The number of nitrogens with zero attached hydrogens (tertiary/aromatic N) is 1. The van der Waals surface area contributed by atoms with Gasteiger partial charge in [-0.25, -0.2) is 4.79 Å². The number of anilines is 1. The van der Waals surface area contributed by atoms with E-state index in [0.29, 0.717) is 30.5 Å². The lowest BCUT2D eigenvalue weighted by molar-refractivity contribution is -0.117. The van der Waals surface area contributed by atoms with E-state index in [1.807, 2.05) is 13.8 Å². The molecule has 1 aromatic carbocycles. The first kappa shape index (κ1) is 15.6. The smallest absolute Gasteiger partial charge is 0.315 e. The Bertz CT molecular complexity index is 516. The summed E-state index contributed by atoms with van der Waals surface area (Å²) in [5.74, 6) is 0.401. The predicted molar refractivity (Wildman–Crippen MR) is 83.6 cm³/mol. The van der Waals surface area contributed by atoms with Crippen molar-refractivity contribution in [1.29, 1.82) is 0 Å². The molecule has 0 saturated carbocycles. The van der Waals surface area contributed by atoms with Crippen molar-refractivity contribution < 1.29 is 9.59 Å². The van der Waals surface area contributed by atoms with Crippen LogP contribution in [-0.4, -0.2) is 31.1 Å². The van der Waals surface area contributed by atoms with E-state index in [2.05, 4.69) is 10.6 Å². The van der Waals surface area contributed by atoms with E-state index in [1.165, 1.54) is 0 Å². The van der Waals surface area contributed by atoms with E-state index in [1.54, 1.807) is 29.2 Å². The van der Waals surface area contributed by atoms with E-state index in [0.717, 1.165) is 5.69 Å². The molecule has 21 heavy (non-hydrogen) atoms. The van der Waals surface area contributed by atoms with E-state index >= 15 is 0 Å². The highest BCUT2D eigenvalue weighted by molar-refractivity contribution is 6.30. The Labute approximate surface area is 129 Å². The van der Waals surface area contributed by atoms with Crippen LogP contribution in [0.3, 0.4) is 0 Å². The first-order valence-electron chi connectivity index (χ1n) is 7.06. The van der Waals surface area contributed by atoms with Gasteiger partial charge >= 0.3 is 6.03 Å². The van der Waals surface area contributed by atoms with Crippen LogP contribution in [0.4, 0.5) is 10.5 Å². The van der Waals surface area contributed by atoms with Gasteiger partial charge in [0, 0.05) is 30.2 Å². The maximum Gasteiger partial charge on any atom is 0.315 e. The summed E-state index contributed by atoms with van der Waals surface area (Å²) in [6.07, 6.45) is 0.317. The normalized spacial score (nSPS) is 18.2. The zero-order valence-corrected chi connectivity index (χ0v) is 13.0. The highest BCUT2D eigenvalue weighted by Gasteiger charge is 2.31. The van der Waals surface area contributed by atoms with Crippen molar-refractivity contribution >= 4 is 29.2 Å². The number of nitrogens with one attached hydrogen (secondary N) is 2. The van der Waals surface area contributed by atoms with Crippen LogP contribution >= 0.6 is 11.6 Å². The molecule has 0 bridgehead atoms. The number of carbonyl (C=O) groups excluding carboxylic acids is 2. The van der Waals surface area contributed by atoms with Crippen molar-refractivity contribution in [3.05, 3.63) is 29.3 Å². The van der Waals surface area contributed by atoms with Crippen molar-refractivity contribution in [2.75, 3.05) is 18.0 Å². The second kappa shape index (κ2) is 6.80. The molecular weight excluding hydrogens is 290 g/mol. The fourth-order valence-corrected chi connectivity index (χ4v) is 2.33. The average Bonchev–Trinajstić information content (AvgIpc) is 2.78. The standard InChI is InChI=1S/C15H20ClN3O2/c1-10(2)8-17-15(21)18-12-7-14(20)19(9-12)13-5-3-11(16)4-6-13/h3-6,10,12H,7-9H2,1-2H3,(H2,17,18,21). The molecule has 1 aromatic rings. The summed E-state index contributed by atoms with van der Waals surface area (Å²) >= 11 is 5.84. The van der Waals surface area contributed by atoms with Crippen LogP contribution in [0.2, 0.25) is 5.02 Å². The van der Waals surface area contributed by atoms with Crippen LogP contribution in [0.1, 0.15) is 20.3 Å². The number of urea groups is 1. The van der Waals surface area contributed by atoms with Crippen molar-refractivity contribution in [3.63, 3.8) is 0 Å². The second-order valence-corrected chi connectivity index (χ2v) is 6.07. The first-order valence-corrected chi connectivity index (χ1v) is 7.44. The molecular formula is C15H20ClN3O2. The molecule has 1 atom stereocenters. The number of hydrogen-bond donors (Lipinski definition) is 2. The quantitative estimate of drug-likeness (QED) is 0.897. The molecule has 5 nitrogen and oxygen atoms in total. The van der Waals surface area contributed by atoms with Gasteiger partial charge in [0.05, 0.1) is 6.04 Å². The zero-order chi connectivity index (χ0) is 15.4. The van der Waals surface area contributed by atoms with E-state index in [-0.39, 0.29) is 18.0 Å². The molecule has 0 aromatic heterocycles. The van der Waals surface area contributed by atoms with Gasteiger partial charge in [0.1, 0.15) is 0 Å². The Morgan fingerprint density at radius 2 is 2.05 bits per heavy atom. The van der Waals surface area contributed by atoms with Crippen LogP contribution in [0, 0.1) is 5.92 Å². The summed E-state index contributed by atoms with van der Waals surface area (Å²) < 4.78 is 0. The molecule has 1 aliphatic rings. The zero-order valence-electron chi connectivity index (χ0n) is 12.2.